The van der Waals surface area contributed by atoms with E-state index in [2.05, 4.69) is 26.0 Å². The highest BCUT2D eigenvalue weighted by Gasteiger charge is 2.52. The smallest absolute Gasteiger partial charge is 0.119 e. The lowest BCUT2D eigenvalue weighted by Gasteiger charge is -2.49. The fraction of sp³-hybridized carbons (Fsp3) is 0.591. The summed E-state index contributed by atoms with van der Waals surface area (Å²) in [5, 5.41) is 19.3. The molecule has 4 rings (SSSR count). The number of aromatic hydroxyl groups is 1. The number of nitriles is 1. The first kappa shape index (κ1) is 15.8. The SMILES string of the molecule is CCc1cc2c(cc1O)CCC1C2CC[C@]2(C)/C(=C/C#N)CCC12. The summed E-state index contributed by atoms with van der Waals surface area (Å²) >= 11 is 0. The molecule has 0 bridgehead atoms. The van der Waals surface area contributed by atoms with Gasteiger partial charge in [0.05, 0.1) is 6.07 Å². The van der Waals surface area contributed by atoms with Gasteiger partial charge in [-0.1, -0.05) is 25.5 Å². The van der Waals surface area contributed by atoms with Crippen LogP contribution >= 0.6 is 0 Å². The molecule has 2 nitrogen and oxygen atoms in total. The average Bonchev–Trinajstić information content (AvgIpc) is 2.91. The maximum absolute atomic E-state index is 10.2. The molecular formula is C22H27NO. The molecule has 0 aliphatic heterocycles. The van der Waals surface area contributed by atoms with Gasteiger partial charge >= 0.3 is 0 Å². The van der Waals surface area contributed by atoms with Gasteiger partial charge in [0.1, 0.15) is 5.75 Å². The van der Waals surface area contributed by atoms with Crippen molar-refractivity contribution < 1.29 is 5.11 Å². The first-order chi connectivity index (χ1) is 11.6. The zero-order chi connectivity index (χ0) is 16.9. The highest BCUT2D eigenvalue weighted by molar-refractivity contribution is 5.46. The zero-order valence-corrected chi connectivity index (χ0v) is 14.8. The van der Waals surface area contributed by atoms with Gasteiger partial charge in [0.2, 0.25) is 0 Å². The molecule has 3 unspecified atom stereocenters. The van der Waals surface area contributed by atoms with Crippen molar-refractivity contribution in [2.24, 2.45) is 17.3 Å². The molecule has 1 aromatic carbocycles. The van der Waals surface area contributed by atoms with Crippen molar-refractivity contribution in [2.75, 3.05) is 0 Å². The van der Waals surface area contributed by atoms with E-state index in [9.17, 15) is 5.11 Å². The number of allylic oxidation sites excluding steroid dienone is 2. The molecule has 24 heavy (non-hydrogen) atoms. The molecule has 0 spiro atoms. The monoisotopic (exact) mass is 321 g/mol. The van der Waals surface area contributed by atoms with Crippen LogP contribution in [0.15, 0.2) is 23.8 Å². The van der Waals surface area contributed by atoms with Gasteiger partial charge in [0.25, 0.3) is 0 Å². The Balaban J connectivity index is 1.72. The van der Waals surface area contributed by atoms with Crippen molar-refractivity contribution in [3.05, 3.63) is 40.5 Å². The Morgan fingerprint density at radius 3 is 2.88 bits per heavy atom. The highest BCUT2D eigenvalue weighted by Crippen LogP contribution is 2.62. The van der Waals surface area contributed by atoms with Crippen LogP contribution in [0, 0.1) is 28.6 Å². The maximum atomic E-state index is 10.2. The molecular weight excluding hydrogens is 294 g/mol. The van der Waals surface area contributed by atoms with E-state index in [0.717, 1.165) is 36.7 Å². The predicted octanol–water partition coefficient (Wildman–Crippen LogP) is 5.26. The van der Waals surface area contributed by atoms with E-state index in [1.807, 2.05) is 12.1 Å². The summed E-state index contributed by atoms with van der Waals surface area (Å²) in [5.74, 6) is 2.60. The van der Waals surface area contributed by atoms with E-state index in [0.29, 0.717) is 11.7 Å². The first-order valence-electron chi connectivity index (χ1n) is 9.52. The van der Waals surface area contributed by atoms with Gasteiger partial charge in [-0.3, -0.25) is 0 Å². The standard InChI is InChI=1S/C22H27NO/c1-3-14-12-19-15(13-21(14)24)4-6-18-17(19)8-10-22(2)16(9-11-23)5-7-20(18)22/h9,12-13,17-18,20,24H,3-8,10H2,1-2H3/b16-9+/t17?,18?,20?,22-/m1/s1. The van der Waals surface area contributed by atoms with E-state index >= 15 is 0 Å². The molecule has 0 heterocycles. The van der Waals surface area contributed by atoms with E-state index in [-0.39, 0.29) is 5.41 Å². The fourth-order valence-electron chi connectivity index (χ4n) is 6.10. The Morgan fingerprint density at radius 1 is 1.29 bits per heavy atom. The second kappa shape index (κ2) is 5.66. The summed E-state index contributed by atoms with van der Waals surface area (Å²) in [5.41, 5.74) is 5.64. The number of rotatable bonds is 1. The summed E-state index contributed by atoms with van der Waals surface area (Å²) in [6.45, 7) is 4.53. The van der Waals surface area contributed by atoms with Crippen molar-refractivity contribution in [3.8, 4) is 11.8 Å². The van der Waals surface area contributed by atoms with E-state index < -0.39 is 0 Å². The molecule has 4 atom stereocenters. The number of hydrogen-bond acceptors (Lipinski definition) is 2. The van der Waals surface area contributed by atoms with Crippen LogP contribution in [0.5, 0.6) is 5.75 Å². The van der Waals surface area contributed by atoms with Crippen molar-refractivity contribution in [2.45, 2.75) is 64.7 Å². The normalized spacial score (nSPS) is 35.9. The molecule has 3 aliphatic carbocycles. The predicted molar refractivity (Wildman–Crippen MR) is 95.8 cm³/mol. The van der Waals surface area contributed by atoms with Gasteiger partial charge < -0.3 is 5.11 Å². The van der Waals surface area contributed by atoms with Crippen molar-refractivity contribution in [3.63, 3.8) is 0 Å². The van der Waals surface area contributed by atoms with Gasteiger partial charge in [-0.25, -0.2) is 0 Å². The summed E-state index contributed by atoms with van der Waals surface area (Å²) in [4.78, 5) is 0. The largest absolute Gasteiger partial charge is 0.508 e. The summed E-state index contributed by atoms with van der Waals surface area (Å²) in [6.07, 6.45) is 9.85. The third-order valence-electron chi connectivity index (χ3n) is 7.39. The third kappa shape index (κ3) is 2.14. The molecule has 2 saturated carbocycles. The Morgan fingerprint density at radius 2 is 2.12 bits per heavy atom. The van der Waals surface area contributed by atoms with Gasteiger partial charge in [0, 0.05) is 6.08 Å². The Kier molecular flexibility index (Phi) is 3.71. The minimum absolute atomic E-state index is 0.249. The van der Waals surface area contributed by atoms with Crippen molar-refractivity contribution >= 4 is 0 Å². The van der Waals surface area contributed by atoms with Gasteiger partial charge in [-0.15, -0.1) is 0 Å². The number of nitrogens with zero attached hydrogens (tertiary/aromatic N) is 1. The number of aryl methyl sites for hydroxylation is 2. The molecule has 1 N–H and O–H groups in total. The lowest BCUT2D eigenvalue weighted by molar-refractivity contribution is 0.0814. The molecule has 126 valence electrons. The van der Waals surface area contributed by atoms with Crippen LogP contribution in [-0.4, -0.2) is 5.11 Å². The van der Waals surface area contributed by atoms with Crippen LogP contribution in [0.1, 0.15) is 68.6 Å². The number of hydrogen-bond donors (Lipinski definition) is 1. The molecule has 0 amide bonds. The van der Waals surface area contributed by atoms with E-state index in [1.54, 1.807) is 0 Å². The second-order valence-corrected chi connectivity index (χ2v) is 8.24. The number of phenolic OH excluding ortho intramolecular Hbond substituents is 1. The summed E-state index contributed by atoms with van der Waals surface area (Å²) in [6, 6.07) is 6.62. The van der Waals surface area contributed by atoms with Gasteiger partial charge in [-0.05, 0) is 90.9 Å². The Bertz CT molecular complexity index is 741. The van der Waals surface area contributed by atoms with Crippen molar-refractivity contribution in [1.82, 2.24) is 0 Å². The van der Waals surface area contributed by atoms with Crippen LogP contribution in [0.3, 0.4) is 0 Å². The molecule has 0 radical (unpaired) electrons. The number of fused-ring (bicyclic) bond motifs is 5. The van der Waals surface area contributed by atoms with Crippen LogP contribution in [0.2, 0.25) is 0 Å². The molecule has 3 aliphatic rings. The summed E-state index contributed by atoms with van der Waals surface area (Å²) < 4.78 is 0. The van der Waals surface area contributed by atoms with Gasteiger partial charge in [-0.2, -0.15) is 5.26 Å². The van der Waals surface area contributed by atoms with Crippen molar-refractivity contribution in [1.29, 1.82) is 5.26 Å². The van der Waals surface area contributed by atoms with E-state index in [1.165, 1.54) is 42.4 Å². The van der Waals surface area contributed by atoms with Crippen LogP contribution in [0.25, 0.3) is 0 Å². The number of benzene rings is 1. The first-order valence-corrected chi connectivity index (χ1v) is 9.52. The topological polar surface area (TPSA) is 44.0 Å². The van der Waals surface area contributed by atoms with Crippen LogP contribution < -0.4 is 0 Å². The molecule has 2 fully saturated rings. The molecule has 0 aromatic heterocycles. The Hall–Kier alpha value is -1.75. The lowest BCUT2D eigenvalue weighted by Crippen LogP contribution is -2.40. The molecule has 2 heteroatoms. The number of phenols is 1. The fourth-order valence-corrected chi connectivity index (χ4v) is 6.10. The minimum atomic E-state index is 0.249. The zero-order valence-electron chi connectivity index (χ0n) is 14.8. The maximum Gasteiger partial charge on any atom is 0.119 e. The third-order valence-corrected chi connectivity index (χ3v) is 7.39. The second-order valence-electron chi connectivity index (χ2n) is 8.24. The quantitative estimate of drug-likeness (QED) is 0.717. The minimum Gasteiger partial charge on any atom is -0.508 e. The molecule has 1 aromatic rings. The average molecular weight is 321 g/mol. The van der Waals surface area contributed by atoms with Crippen LogP contribution in [0.4, 0.5) is 0 Å². The lowest BCUT2D eigenvalue weighted by atomic mass is 9.55. The summed E-state index contributed by atoms with van der Waals surface area (Å²) in [7, 11) is 0. The van der Waals surface area contributed by atoms with E-state index in [4.69, 9.17) is 5.26 Å². The molecule has 0 saturated heterocycles. The highest BCUT2D eigenvalue weighted by atomic mass is 16.3. The van der Waals surface area contributed by atoms with Crippen LogP contribution in [-0.2, 0) is 12.8 Å². The Labute approximate surface area is 145 Å². The van der Waals surface area contributed by atoms with Gasteiger partial charge in [0.15, 0.2) is 0 Å².